The lowest BCUT2D eigenvalue weighted by Gasteiger charge is -2.23. The molecule has 0 saturated carbocycles. The molecule has 4 nitrogen and oxygen atoms in total. The van der Waals surface area contributed by atoms with E-state index >= 15 is 0 Å². The van der Waals surface area contributed by atoms with Crippen LogP contribution in [0.3, 0.4) is 0 Å². The normalized spacial score (nSPS) is 19.2. The molecule has 5 rings (SSSR count). The topological polar surface area (TPSA) is 42.7 Å². The van der Waals surface area contributed by atoms with E-state index in [-0.39, 0.29) is 0 Å². The summed E-state index contributed by atoms with van der Waals surface area (Å²) in [7, 11) is 0. The van der Waals surface area contributed by atoms with Crippen LogP contribution in [0.4, 0.5) is 0 Å². The first-order valence-corrected chi connectivity index (χ1v) is 9.38. The molecule has 26 heavy (non-hydrogen) atoms. The second-order valence-electron chi connectivity index (χ2n) is 7.11. The molecular weight excluding hydrogens is 320 g/mol. The quantitative estimate of drug-likeness (QED) is 0.758. The minimum absolute atomic E-state index is 0.426. The maximum Gasteiger partial charge on any atom is 0.151 e. The van der Waals surface area contributed by atoms with Gasteiger partial charge in [-0.05, 0) is 42.0 Å². The third-order valence-corrected chi connectivity index (χ3v) is 5.51. The molecule has 130 valence electrons. The van der Waals surface area contributed by atoms with Crippen LogP contribution < -0.4 is 5.32 Å². The highest BCUT2D eigenvalue weighted by Crippen LogP contribution is 2.36. The van der Waals surface area contributed by atoms with E-state index in [1.165, 1.54) is 22.4 Å². The molecule has 0 spiro atoms. The highest BCUT2D eigenvalue weighted by Gasteiger charge is 2.26. The number of fused-ring (bicyclic) bond motifs is 3. The van der Waals surface area contributed by atoms with Crippen molar-refractivity contribution < 1.29 is 0 Å². The summed E-state index contributed by atoms with van der Waals surface area (Å²) in [4.78, 5) is 0. The zero-order valence-corrected chi connectivity index (χ0v) is 14.7. The Morgan fingerprint density at radius 2 is 1.77 bits per heavy atom. The molecule has 1 aliphatic heterocycles. The van der Waals surface area contributed by atoms with E-state index in [0.29, 0.717) is 5.92 Å². The van der Waals surface area contributed by atoms with Crippen molar-refractivity contribution in [2.24, 2.45) is 0 Å². The molecule has 4 heteroatoms. The summed E-state index contributed by atoms with van der Waals surface area (Å²) in [5.41, 5.74) is 5.34. The molecule has 0 amide bonds. The molecule has 2 aliphatic rings. The van der Waals surface area contributed by atoms with Crippen molar-refractivity contribution >= 4 is 5.57 Å². The number of aromatic nitrogens is 3. The third-order valence-electron chi connectivity index (χ3n) is 5.51. The van der Waals surface area contributed by atoms with Gasteiger partial charge in [-0.1, -0.05) is 54.6 Å². The highest BCUT2D eigenvalue weighted by molar-refractivity contribution is 5.66. The van der Waals surface area contributed by atoms with Crippen LogP contribution in [0.2, 0.25) is 0 Å². The van der Waals surface area contributed by atoms with Crippen molar-refractivity contribution in [2.45, 2.75) is 38.3 Å². The van der Waals surface area contributed by atoms with Crippen LogP contribution in [0.1, 0.15) is 48.0 Å². The maximum absolute atomic E-state index is 4.60. The monoisotopic (exact) mass is 342 g/mol. The van der Waals surface area contributed by atoms with Crippen LogP contribution in [0.15, 0.2) is 60.7 Å². The lowest BCUT2D eigenvalue weighted by Crippen LogP contribution is -2.13. The summed E-state index contributed by atoms with van der Waals surface area (Å²) in [6.45, 7) is 1.64. The zero-order chi connectivity index (χ0) is 17.3. The number of benzene rings is 2. The Hall–Kier alpha value is -2.72. The average molecular weight is 342 g/mol. The summed E-state index contributed by atoms with van der Waals surface area (Å²) in [5, 5.41) is 12.6. The molecule has 1 unspecified atom stereocenters. The van der Waals surface area contributed by atoms with Gasteiger partial charge in [-0.3, -0.25) is 4.57 Å². The molecule has 1 aliphatic carbocycles. The van der Waals surface area contributed by atoms with Gasteiger partial charge in [-0.2, -0.15) is 0 Å². The molecule has 1 atom stereocenters. The summed E-state index contributed by atoms with van der Waals surface area (Å²) in [6.07, 6.45) is 5.63. The van der Waals surface area contributed by atoms with Gasteiger partial charge in [0.05, 0.1) is 12.2 Å². The molecule has 1 aromatic heterocycles. The van der Waals surface area contributed by atoms with E-state index in [0.717, 1.165) is 44.0 Å². The minimum Gasteiger partial charge on any atom is -0.306 e. The fraction of sp³-hybridized carbons (Fsp3) is 0.273. The van der Waals surface area contributed by atoms with E-state index in [4.69, 9.17) is 0 Å². The first kappa shape index (κ1) is 15.5. The molecular formula is C22H22N4. The third kappa shape index (κ3) is 2.67. The number of allylic oxidation sites excluding steroid dienone is 2. The second-order valence-corrected chi connectivity index (χ2v) is 7.11. The molecule has 0 saturated heterocycles. The number of rotatable bonds is 2. The molecule has 3 aromatic rings. The van der Waals surface area contributed by atoms with Gasteiger partial charge >= 0.3 is 0 Å². The van der Waals surface area contributed by atoms with Gasteiger partial charge in [0.15, 0.2) is 5.82 Å². The largest absolute Gasteiger partial charge is 0.306 e. The van der Waals surface area contributed by atoms with Gasteiger partial charge in [0.1, 0.15) is 5.82 Å². The SMILES string of the molecule is C1=C(c2ccccc2)CCC(c2nnc3n2-c2ccccc2CNC3)C1. The smallest absolute Gasteiger partial charge is 0.151 e. The van der Waals surface area contributed by atoms with Gasteiger partial charge in [0.25, 0.3) is 0 Å². The highest BCUT2D eigenvalue weighted by atomic mass is 15.3. The Bertz CT molecular complexity index is 955. The Morgan fingerprint density at radius 1 is 0.923 bits per heavy atom. The van der Waals surface area contributed by atoms with Crippen molar-refractivity contribution in [1.82, 2.24) is 20.1 Å². The van der Waals surface area contributed by atoms with Crippen LogP contribution in [-0.4, -0.2) is 14.8 Å². The lowest BCUT2D eigenvalue weighted by atomic mass is 9.86. The molecule has 0 fully saturated rings. The first-order chi connectivity index (χ1) is 12.9. The predicted octanol–water partition coefficient (Wildman–Crippen LogP) is 4.22. The Morgan fingerprint density at radius 3 is 2.62 bits per heavy atom. The van der Waals surface area contributed by atoms with Crippen molar-refractivity contribution in [3.63, 3.8) is 0 Å². The van der Waals surface area contributed by atoms with Crippen LogP contribution in [0, 0.1) is 0 Å². The zero-order valence-electron chi connectivity index (χ0n) is 14.7. The van der Waals surface area contributed by atoms with Crippen LogP contribution in [0.5, 0.6) is 0 Å². The standard InChI is InChI=1S/C22H22N4/c1-2-6-16(7-3-1)17-10-12-18(13-11-17)22-25-24-21-15-23-14-19-8-4-5-9-20(19)26(21)22/h1-10,18,23H,11-15H2. The van der Waals surface area contributed by atoms with Gasteiger partial charge in [-0.15, -0.1) is 10.2 Å². The summed E-state index contributed by atoms with van der Waals surface area (Å²) >= 11 is 0. The number of nitrogens with one attached hydrogen (secondary N) is 1. The van der Waals surface area contributed by atoms with Crippen molar-refractivity contribution in [1.29, 1.82) is 0 Å². The van der Waals surface area contributed by atoms with Crippen LogP contribution in [-0.2, 0) is 13.1 Å². The van der Waals surface area contributed by atoms with Gasteiger partial charge < -0.3 is 5.32 Å². The second kappa shape index (κ2) is 6.54. The molecule has 1 N–H and O–H groups in total. The van der Waals surface area contributed by atoms with Gasteiger partial charge in [0.2, 0.25) is 0 Å². The van der Waals surface area contributed by atoms with E-state index in [9.17, 15) is 0 Å². The summed E-state index contributed by atoms with van der Waals surface area (Å²) in [5.74, 6) is 2.55. The number of nitrogens with zero attached hydrogens (tertiary/aromatic N) is 3. The van der Waals surface area contributed by atoms with Crippen molar-refractivity contribution in [2.75, 3.05) is 0 Å². The van der Waals surface area contributed by atoms with Crippen molar-refractivity contribution in [3.8, 4) is 5.69 Å². The Balaban J connectivity index is 1.49. The summed E-state index contributed by atoms with van der Waals surface area (Å²) in [6, 6.07) is 19.3. The van der Waals surface area contributed by atoms with E-state index in [2.05, 4.69) is 80.8 Å². The van der Waals surface area contributed by atoms with E-state index in [1.807, 2.05) is 0 Å². The minimum atomic E-state index is 0.426. The van der Waals surface area contributed by atoms with Crippen LogP contribution >= 0.6 is 0 Å². The van der Waals surface area contributed by atoms with E-state index in [1.54, 1.807) is 0 Å². The van der Waals surface area contributed by atoms with Crippen LogP contribution in [0.25, 0.3) is 11.3 Å². The lowest BCUT2D eigenvalue weighted by molar-refractivity contribution is 0.576. The fourth-order valence-corrected chi connectivity index (χ4v) is 4.14. The molecule has 2 heterocycles. The number of hydrogen-bond donors (Lipinski definition) is 1. The number of para-hydroxylation sites is 1. The predicted molar refractivity (Wildman–Crippen MR) is 103 cm³/mol. The molecule has 0 radical (unpaired) electrons. The van der Waals surface area contributed by atoms with Crippen molar-refractivity contribution in [3.05, 3.63) is 83.4 Å². The van der Waals surface area contributed by atoms with Gasteiger partial charge in [-0.25, -0.2) is 0 Å². The molecule has 2 aromatic carbocycles. The number of hydrogen-bond acceptors (Lipinski definition) is 3. The Kier molecular flexibility index (Phi) is 3.91. The average Bonchev–Trinajstić information content (AvgIpc) is 3.04. The fourth-order valence-electron chi connectivity index (χ4n) is 4.14. The van der Waals surface area contributed by atoms with E-state index < -0.39 is 0 Å². The summed E-state index contributed by atoms with van der Waals surface area (Å²) < 4.78 is 2.29. The Labute approximate surface area is 153 Å². The maximum atomic E-state index is 4.60. The first-order valence-electron chi connectivity index (χ1n) is 9.38. The van der Waals surface area contributed by atoms with Gasteiger partial charge in [0, 0.05) is 12.5 Å². The molecule has 0 bridgehead atoms.